The fraction of sp³-hybridized carbons (Fsp3) is 0.619. The topological polar surface area (TPSA) is 134 Å². The van der Waals surface area contributed by atoms with E-state index in [0.29, 0.717) is 36.1 Å². The second kappa shape index (κ2) is 24.4. The van der Waals surface area contributed by atoms with Gasteiger partial charge >= 0.3 is 19.1 Å². The lowest BCUT2D eigenvalue weighted by Gasteiger charge is -2.32. The van der Waals surface area contributed by atoms with Crippen LogP contribution in [0.1, 0.15) is 125 Å². The minimum absolute atomic E-state index is 0.137. The van der Waals surface area contributed by atoms with Crippen LogP contribution in [0.25, 0.3) is 6.08 Å². The lowest BCUT2D eigenvalue weighted by Crippen LogP contribution is -2.41. The Morgan fingerprint density at radius 3 is 1.57 bits per heavy atom. The van der Waals surface area contributed by atoms with Gasteiger partial charge in [0.25, 0.3) is 11.1 Å². The Morgan fingerprint density at radius 1 is 0.741 bits per heavy atom. The van der Waals surface area contributed by atoms with E-state index in [1.54, 1.807) is 32.2 Å². The van der Waals surface area contributed by atoms with E-state index in [9.17, 15) is 28.0 Å². The number of hydrogen-bond acceptors (Lipinski definition) is 10. The summed E-state index contributed by atoms with van der Waals surface area (Å²) in [6.45, 7) is 27.6. The fourth-order valence-electron chi connectivity index (χ4n) is 5.41. The molecule has 0 aliphatic carbocycles. The summed E-state index contributed by atoms with van der Waals surface area (Å²) in [4.78, 5) is 48.6. The third kappa shape index (κ3) is 15.1. The van der Waals surface area contributed by atoms with E-state index >= 15 is 0 Å². The molecule has 1 aliphatic heterocycles. The van der Waals surface area contributed by atoms with Crippen LogP contribution in [0.4, 0.5) is 8.78 Å². The van der Waals surface area contributed by atoms with Gasteiger partial charge in [0.05, 0.1) is 50.2 Å². The average molecular weight is 886 g/mol. The highest BCUT2D eigenvalue weighted by molar-refractivity contribution is 9.10. The van der Waals surface area contributed by atoms with Crippen molar-refractivity contribution in [1.29, 1.82) is 0 Å². The summed E-state index contributed by atoms with van der Waals surface area (Å²) in [7, 11) is -0.299. The SMILES string of the molecule is CCO/C=C/B1OC(C)(C)C(C)(C)O1.CCO/C=C/c1cn(C(CC(C)C)C(=O)OCC)c(=O)c(F)c1C.CCOC(=O)C(CC(C)C)n1cc(Br)c(C)c(F)c1=O. The van der Waals surface area contributed by atoms with E-state index in [0.717, 1.165) is 9.13 Å². The number of hydrogen-bond donors (Lipinski definition) is 0. The summed E-state index contributed by atoms with van der Waals surface area (Å²) in [5.74, 6) is -0.670. The van der Waals surface area contributed by atoms with Crippen molar-refractivity contribution >= 4 is 41.1 Å². The molecule has 0 spiro atoms. The van der Waals surface area contributed by atoms with Crippen molar-refractivity contribution < 1.29 is 46.6 Å². The number of carbonyl (C=O) groups excluding carboxylic acids is 2. The number of rotatable bonds is 16. The molecule has 12 nitrogen and oxygen atoms in total. The van der Waals surface area contributed by atoms with Crippen molar-refractivity contribution in [2.45, 2.75) is 133 Å². The Bertz CT molecular complexity index is 1810. The van der Waals surface area contributed by atoms with Crippen molar-refractivity contribution in [2.75, 3.05) is 26.4 Å². The average Bonchev–Trinajstić information content (AvgIpc) is 3.35. The van der Waals surface area contributed by atoms with E-state index < -0.39 is 46.8 Å². The maximum Gasteiger partial charge on any atom is 0.490 e. The van der Waals surface area contributed by atoms with Crippen LogP contribution in [0.3, 0.4) is 0 Å². The smallest absolute Gasteiger partial charge is 0.490 e. The Labute approximate surface area is 351 Å². The fourth-order valence-corrected chi connectivity index (χ4v) is 5.81. The van der Waals surface area contributed by atoms with Crippen LogP contribution in [0.2, 0.25) is 0 Å². The second-order valence-electron chi connectivity index (χ2n) is 15.3. The van der Waals surface area contributed by atoms with Crippen molar-refractivity contribution in [3.63, 3.8) is 0 Å². The van der Waals surface area contributed by atoms with Gasteiger partial charge in [0.1, 0.15) is 12.1 Å². The van der Waals surface area contributed by atoms with E-state index in [1.165, 1.54) is 32.5 Å². The van der Waals surface area contributed by atoms with Gasteiger partial charge in [0.2, 0.25) is 0 Å². The third-order valence-electron chi connectivity index (χ3n) is 9.28. The summed E-state index contributed by atoms with van der Waals surface area (Å²) in [6, 6.07) is -1.67. The van der Waals surface area contributed by atoms with Crippen molar-refractivity contribution in [1.82, 2.24) is 9.13 Å². The molecule has 1 saturated heterocycles. The number of halogens is 3. The Morgan fingerprint density at radius 2 is 1.16 bits per heavy atom. The third-order valence-corrected chi connectivity index (χ3v) is 10.1. The molecule has 1 fully saturated rings. The second-order valence-corrected chi connectivity index (χ2v) is 16.2. The zero-order chi connectivity index (χ0) is 44.5. The molecule has 1 aliphatic rings. The van der Waals surface area contributed by atoms with E-state index in [-0.39, 0.29) is 54.5 Å². The first-order chi connectivity index (χ1) is 27.0. The van der Waals surface area contributed by atoms with Crippen molar-refractivity contribution in [2.24, 2.45) is 11.8 Å². The minimum atomic E-state index is -0.869. The number of pyridine rings is 2. The van der Waals surface area contributed by atoms with Gasteiger partial charge in [0.15, 0.2) is 11.6 Å². The first-order valence-corrected chi connectivity index (χ1v) is 20.5. The highest BCUT2D eigenvalue weighted by atomic mass is 79.9. The largest absolute Gasteiger partial charge is 0.502 e. The van der Waals surface area contributed by atoms with Crippen LogP contribution in [0.15, 0.2) is 45.0 Å². The summed E-state index contributed by atoms with van der Waals surface area (Å²) in [6.07, 6.45) is 8.38. The van der Waals surface area contributed by atoms with Crippen LogP contribution >= 0.6 is 15.9 Å². The van der Waals surface area contributed by atoms with Gasteiger partial charge in [-0.05, 0) is 133 Å². The molecule has 2 aromatic rings. The number of nitrogens with zero attached hydrogens (tertiary/aromatic N) is 2. The highest BCUT2D eigenvalue weighted by Gasteiger charge is 2.50. The van der Waals surface area contributed by atoms with Crippen LogP contribution in [0.5, 0.6) is 0 Å². The molecule has 0 amide bonds. The number of carbonyl (C=O) groups is 2. The van der Waals surface area contributed by atoms with Crippen LogP contribution < -0.4 is 11.1 Å². The number of aromatic nitrogens is 2. The van der Waals surface area contributed by atoms with E-state index in [1.807, 2.05) is 69.2 Å². The molecular formula is C42H64BBrF2N2O10. The molecule has 0 aromatic carbocycles. The molecular weight excluding hydrogens is 821 g/mol. The molecule has 2 unspecified atom stereocenters. The molecule has 3 heterocycles. The summed E-state index contributed by atoms with van der Waals surface area (Å²) >= 11 is 3.20. The molecule has 0 bridgehead atoms. The Hall–Kier alpha value is -3.76. The van der Waals surface area contributed by atoms with Gasteiger partial charge in [-0.15, -0.1) is 0 Å². The Kier molecular flexibility index (Phi) is 21.9. The lowest BCUT2D eigenvalue weighted by atomic mass is 9.90. The molecule has 3 rings (SSSR count). The monoisotopic (exact) mass is 884 g/mol. The highest BCUT2D eigenvalue weighted by Crippen LogP contribution is 2.36. The minimum Gasteiger partial charge on any atom is -0.502 e. The molecule has 16 heteroatoms. The summed E-state index contributed by atoms with van der Waals surface area (Å²) in [5.41, 5.74) is -1.22. The first-order valence-electron chi connectivity index (χ1n) is 19.7. The van der Waals surface area contributed by atoms with Crippen molar-refractivity contribution in [3.05, 3.63) is 84.4 Å². The van der Waals surface area contributed by atoms with Crippen LogP contribution in [-0.4, -0.2) is 65.8 Å². The normalized spacial score (nSPS) is 15.5. The molecule has 0 radical (unpaired) electrons. The zero-order valence-electron chi connectivity index (χ0n) is 36.7. The molecule has 0 saturated carbocycles. The maximum absolute atomic E-state index is 14.3. The van der Waals surface area contributed by atoms with Gasteiger partial charge in [-0.1, -0.05) is 27.7 Å². The molecule has 2 atom stereocenters. The van der Waals surface area contributed by atoms with Crippen LogP contribution in [-0.2, 0) is 37.8 Å². The number of ether oxygens (including phenoxy) is 4. The van der Waals surface area contributed by atoms with Crippen LogP contribution in [0, 0.1) is 37.3 Å². The van der Waals surface area contributed by atoms with Gasteiger partial charge < -0.3 is 28.3 Å². The summed E-state index contributed by atoms with van der Waals surface area (Å²) in [5, 5.41) is 0. The zero-order valence-corrected chi connectivity index (χ0v) is 38.3. The molecule has 2 aromatic heterocycles. The van der Waals surface area contributed by atoms with E-state index in [2.05, 4.69) is 15.9 Å². The molecule has 58 heavy (non-hydrogen) atoms. The quantitative estimate of drug-likeness (QED) is 0.0915. The predicted molar refractivity (Wildman–Crippen MR) is 226 cm³/mol. The lowest BCUT2D eigenvalue weighted by molar-refractivity contribution is -0.148. The Balaban J connectivity index is 0.000000450. The first kappa shape index (κ1) is 52.3. The van der Waals surface area contributed by atoms with Gasteiger partial charge in [-0.25, -0.2) is 18.4 Å². The van der Waals surface area contributed by atoms with Gasteiger partial charge in [0, 0.05) is 22.4 Å². The van der Waals surface area contributed by atoms with Gasteiger partial charge in [-0.2, -0.15) is 0 Å². The molecule has 0 N–H and O–H groups in total. The van der Waals surface area contributed by atoms with E-state index in [4.69, 9.17) is 28.3 Å². The maximum atomic E-state index is 14.3. The number of esters is 2. The standard InChI is InChI=1S/C18H26FNO4.C14H19BrFNO3.C10H19BO3/c1-6-23-9-8-14-11-20(17(21)16(19)13(14)5)15(10-12(3)4)18(22)24-7-2;1-5-20-14(19)11(6-8(2)3)17-7-10(15)9(4)12(16)13(17)18;1-6-12-8-7-11-13-9(2,3)10(4,5)14-11/h8-9,11-12,15H,6-7,10H2,1-5H3;7-8,11H,5-6H2,1-4H3;7-8H,6H2,1-5H3/b9-8+;;8-7+. The van der Waals surface area contributed by atoms with Crippen molar-refractivity contribution in [3.8, 4) is 0 Å². The molecule has 326 valence electrons. The van der Waals surface area contributed by atoms with Gasteiger partial charge in [-0.3, -0.25) is 18.7 Å². The predicted octanol–water partition coefficient (Wildman–Crippen LogP) is 8.83. The summed E-state index contributed by atoms with van der Waals surface area (Å²) < 4.78 is 62.6.